The quantitative estimate of drug-likeness (QED) is 0.651. The first-order valence-electron chi connectivity index (χ1n) is 9.37. The Balaban J connectivity index is 0.000000480. The summed E-state index contributed by atoms with van der Waals surface area (Å²) in [6, 6.07) is 2.98. The Kier molecular flexibility index (Phi) is 10.1. The van der Waals surface area contributed by atoms with Crippen LogP contribution in [0.2, 0.25) is 5.15 Å². The lowest BCUT2D eigenvalue weighted by Crippen LogP contribution is -2.13. The molecule has 0 amide bonds. The predicted octanol–water partition coefficient (Wildman–Crippen LogP) is 4.18. The van der Waals surface area contributed by atoms with Crippen molar-refractivity contribution in [3.63, 3.8) is 0 Å². The Bertz CT molecular complexity index is 825. The van der Waals surface area contributed by atoms with Gasteiger partial charge in [-0.2, -0.15) is 0 Å². The zero-order valence-corrected chi connectivity index (χ0v) is 18.4. The average molecular weight is 433 g/mol. The summed E-state index contributed by atoms with van der Waals surface area (Å²) in [5, 5.41) is 0.495. The molecule has 6 nitrogen and oxygen atoms in total. The van der Waals surface area contributed by atoms with Gasteiger partial charge in [-0.15, -0.1) is 0 Å². The molecule has 0 bridgehead atoms. The molecule has 2 atom stereocenters. The van der Waals surface area contributed by atoms with Crippen LogP contribution in [0.15, 0.2) is 18.3 Å². The molecule has 3 N–H and O–H groups in total. The largest absolute Gasteiger partial charge is 0.339 e. The van der Waals surface area contributed by atoms with Gasteiger partial charge in [0.15, 0.2) is 11.0 Å². The number of nitrogens with one attached hydrogen (secondary N) is 1. The minimum atomic E-state index is -2.80. The number of imidazole rings is 1. The molecule has 2 heterocycles. The molecular formula is C19H30ClFN4O2S. The summed E-state index contributed by atoms with van der Waals surface area (Å²) in [5.41, 5.74) is 6.50. The smallest absolute Gasteiger partial charge is 0.158 e. The number of rotatable bonds is 8. The molecule has 28 heavy (non-hydrogen) atoms. The first kappa shape index (κ1) is 24.5. The third-order valence-electron chi connectivity index (χ3n) is 4.45. The molecule has 9 heteroatoms. The van der Waals surface area contributed by atoms with Crippen LogP contribution in [0.4, 0.5) is 4.39 Å². The Morgan fingerprint density at radius 3 is 2.43 bits per heavy atom. The molecule has 2 aromatic heterocycles. The lowest BCUT2D eigenvalue weighted by Gasteiger charge is -2.21. The van der Waals surface area contributed by atoms with Gasteiger partial charge in [-0.1, -0.05) is 45.2 Å². The third kappa shape index (κ3) is 7.85. The molecule has 2 rings (SSSR count). The topological polar surface area (TPSA) is 102 Å². The van der Waals surface area contributed by atoms with Gasteiger partial charge >= 0.3 is 0 Å². The zero-order valence-electron chi connectivity index (χ0n) is 16.9. The number of halogens is 2. The summed E-state index contributed by atoms with van der Waals surface area (Å²) in [6.45, 7) is 6.80. The van der Waals surface area contributed by atoms with Crippen molar-refractivity contribution in [1.29, 1.82) is 0 Å². The van der Waals surface area contributed by atoms with Crippen molar-refractivity contribution in [2.24, 2.45) is 11.7 Å². The number of sulfone groups is 1. The second-order valence-electron chi connectivity index (χ2n) is 6.85. The molecule has 0 saturated carbocycles. The van der Waals surface area contributed by atoms with E-state index >= 15 is 0 Å². The minimum absolute atomic E-state index is 0.0903. The Morgan fingerprint density at radius 1 is 1.32 bits per heavy atom. The maximum Gasteiger partial charge on any atom is 0.158 e. The maximum absolute atomic E-state index is 12.9. The molecule has 0 radical (unpaired) electrons. The molecule has 2 aromatic rings. The van der Waals surface area contributed by atoms with Crippen LogP contribution < -0.4 is 5.73 Å². The van der Waals surface area contributed by atoms with Gasteiger partial charge in [0.25, 0.3) is 0 Å². The molecule has 0 aromatic carbocycles. The van der Waals surface area contributed by atoms with E-state index in [1.807, 2.05) is 0 Å². The lowest BCUT2D eigenvalue weighted by molar-refractivity contribution is 0.412. The third-order valence-corrected chi connectivity index (χ3v) is 5.71. The van der Waals surface area contributed by atoms with Crippen LogP contribution in [0.3, 0.4) is 0 Å². The minimum Gasteiger partial charge on any atom is -0.339 e. The summed E-state index contributed by atoms with van der Waals surface area (Å²) in [6.07, 6.45) is 5.59. The number of H-pyrrole nitrogens is 1. The lowest BCUT2D eigenvalue weighted by atomic mass is 9.86. The van der Waals surface area contributed by atoms with Gasteiger partial charge in [-0.25, -0.2) is 22.8 Å². The summed E-state index contributed by atoms with van der Waals surface area (Å²) < 4.78 is 33.3. The standard InChI is InChI=1S/C16H21ClFN3.C3H9NO2S/c1-4-6-12(10(3)5-2)14-15(17)21-16(20-14)13-8-7-11(18)9-19-13;1-7(5,6)3-2-4/h7-10,12H,4-6H2,1-3H3,(H,20,21);2-4H2,1H3/t10-,12+;/m0./s1. The molecule has 0 aliphatic rings. The number of pyridine rings is 1. The van der Waals surface area contributed by atoms with E-state index in [2.05, 4.69) is 35.7 Å². The van der Waals surface area contributed by atoms with E-state index in [4.69, 9.17) is 17.3 Å². The van der Waals surface area contributed by atoms with Crippen molar-refractivity contribution in [3.05, 3.63) is 35.0 Å². The number of nitrogens with zero attached hydrogens (tertiary/aromatic N) is 2. The number of aromatic nitrogens is 3. The van der Waals surface area contributed by atoms with Gasteiger partial charge in [0.2, 0.25) is 0 Å². The Hall–Kier alpha value is -1.51. The molecule has 0 saturated heterocycles. The van der Waals surface area contributed by atoms with Crippen molar-refractivity contribution in [2.75, 3.05) is 18.6 Å². The van der Waals surface area contributed by atoms with Crippen molar-refractivity contribution in [1.82, 2.24) is 15.0 Å². The Morgan fingerprint density at radius 2 is 2.00 bits per heavy atom. The summed E-state index contributed by atoms with van der Waals surface area (Å²) in [5.74, 6) is 1.21. The van der Waals surface area contributed by atoms with E-state index in [-0.39, 0.29) is 18.1 Å². The maximum atomic E-state index is 12.9. The summed E-state index contributed by atoms with van der Waals surface area (Å²) in [4.78, 5) is 11.7. The molecular weight excluding hydrogens is 403 g/mol. The van der Waals surface area contributed by atoms with E-state index in [0.29, 0.717) is 28.5 Å². The number of hydrogen-bond acceptors (Lipinski definition) is 5. The molecule has 0 spiro atoms. The van der Waals surface area contributed by atoms with Gasteiger partial charge in [-0.05, 0) is 24.5 Å². The molecule has 0 aliphatic heterocycles. The van der Waals surface area contributed by atoms with Crippen molar-refractivity contribution < 1.29 is 12.8 Å². The fraction of sp³-hybridized carbons (Fsp3) is 0.579. The van der Waals surface area contributed by atoms with E-state index in [1.165, 1.54) is 18.5 Å². The second kappa shape index (κ2) is 11.5. The van der Waals surface area contributed by atoms with Crippen LogP contribution in [-0.4, -0.2) is 41.9 Å². The molecule has 0 fully saturated rings. The van der Waals surface area contributed by atoms with Crippen LogP contribution in [0.5, 0.6) is 0 Å². The van der Waals surface area contributed by atoms with E-state index in [9.17, 15) is 12.8 Å². The molecule has 0 aliphatic carbocycles. The van der Waals surface area contributed by atoms with Crippen molar-refractivity contribution in [3.8, 4) is 11.5 Å². The SMILES string of the molecule is CCC[C@@H](c1[nH]c(-c2ccc(F)cn2)nc1Cl)[C@@H](C)CC.CS(=O)(=O)CCN. The van der Waals surface area contributed by atoms with Crippen LogP contribution in [0, 0.1) is 11.7 Å². The van der Waals surface area contributed by atoms with Gasteiger partial charge in [0, 0.05) is 18.7 Å². The Labute approximate surface area is 172 Å². The van der Waals surface area contributed by atoms with Crippen LogP contribution >= 0.6 is 11.6 Å². The fourth-order valence-corrected chi connectivity index (χ4v) is 3.47. The highest BCUT2D eigenvalue weighted by molar-refractivity contribution is 7.90. The number of hydrogen-bond donors (Lipinski definition) is 2. The highest BCUT2D eigenvalue weighted by Gasteiger charge is 2.23. The van der Waals surface area contributed by atoms with Gasteiger partial charge < -0.3 is 10.7 Å². The molecule has 0 unspecified atom stereocenters. The van der Waals surface area contributed by atoms with Crippen LogP contribution in [0.1, 0.15) is 51.6 Å². The fourth-order valence-electron chi connectivity index (χ4n) is 2.77. The summed E-state index contributed by atoms with van der Waals surface area (Å²) in [7, 11) is -2.80. The van der Waals surface area contributed by atoms with E-state index in [1.54, 1.807) is 6.07 Å². The first-order valence-corrected chi connectivity index (χ1v) is 11.8. The molecule has 158 valence electrons. The van der Waals surface area contributed by atoms with Gasteiger partial charge in [0.05, 0.1) is 17.6 Å². The first-order chi connectivity index (χ1) is 13.1. The normalized spacial score (nSPS) is 13.5. The van der Waals surface area contributed by atoms with Crippen molar-refractivity contribution >= 4 is 21.4 Å². The number of nitrogens with two attached hydrogens (primary N) is 1. The number of aromatic amines is 1. The highest BCUT2D eigenvalue weighted by Crippen LogP contribution is 2.35. The van der Waals surface area contributed by atoms with Crippen molar-refractivity contribution in [2.45, 2.75) is 46.0 Å². The van der Waals surface area contributed by atoms with Gasteiger partial charge in [-0.3, -0.25) is 0 Å². The van der Waals surface area contributed by atoms with Crippen LogP contribution in [-0.2, 0) is 9.84 Å². The second-order valence-corrected chi connectivity index (χ2v) is 9.47. The summed E-state index contributed by atoms with van der Waals surface area (Å²) >= 11 is 6.31. The zero-order chi connectivity index (χ0) is 21.3. The van der Waals surface area contributed by atoms with E-state index in [0.717, 1.165) is 25.0 Å². The monoisotopic (exact) mass is 432 g/mol. The highest BCUT2D eigenvalue weighted by atomic mass is 35.5. The average Bonchev–Trinajstić information content (AvgIpc) is 3.00. The van der Waals surface area contributed by atoms with E-state index < -0.39 is 9.84 Å². The van der Waals surface area contributed by atoms with Crippen LogP contribution in [0.25, 0.3) is 11.5 Å². The predicted molar refractivity (Wildman–Crippen MR) is 113 cm³/mol. The van der Waals surface area contributed by atoms with Gasteiger partial charge in [0.1, 0.15) is 21.3 Å².